The molecule has 0 saturated heterocycles. The molecular formula is C15H22ClN3O2. The third-order valence-corrected chi connectivity index (χ3v) is 4.00. The third kappa shape index (κ3) is 4.08. The van der Waals surface area contributed by atoms with Crippen LogP contribution in [-0.2, 0) is 0 Å². The Balaban J connectivity index is 2.02. The van der Waals surface area contributed by atoms with Crippen LogP contribution in [0.5, 0.6) is 0 Å². The van der Waals surface area contributed by atoms with Crippen molar-refractivity contribution in [2.24, 2.45) is 5.92 Å². The molecule has 0 atom stereocenters. The summed E-state index contributed by atoms with van der Waals surface area (Å²) in [6.07, 6.45) is 2.30. The van der Waals surface area contributed by atoms with Crippen molar-refractivity contribution >= 4 is 23.3 Å². The fraction of sp³-hybridized carbons (Fsp3) is 0.600. The molecule has 21 heavy (non-hydrogen) atoms. The van der Waals surface area contributed by atoms with Gasteiger partial charge in [0, 0.05) is 20.1 Å². The minimum Gasteiger partial charge on any atom is -0.393 e. The molecule has 0 bridgehead atoms. The number of nitrogens with zero attached hydrogens (tertiary/aromatic N) is 2. The van der Waals surface area contributed by atoms with Gasteiger partial charge in [-0.15, -0.1) is 0 Å². The lowest BCUT2D eigenvalue weighted by Crippen LogP contribution is -2.39. The van der Waals surface area contributed by atoms with Gasteiger partial charge in [-0.25, -0.2) is 4.98 Å². The summed E-state index contributed by atoms with van der Waals surface area (Å²) in [4.78, 5) is 18.4. The van der Waals surface area contributed by atoms with E-state index in [0.29, 0.717) is 23.3 Å². The molecule has 0 unspecified atom stereocenters. The van der Waals surface area contributed by atoms with Crippen molar-refractivity contribution in [1.29, 1.82) is 0 Å². The predicted molar refractivity (Wildman–Crippen MR) is 83.7 cm³/mol. The highest BCUT2D eigenvalue weighted by molar-refractivity contribution is 6.33. The standard InChI is InChI=1S/C15H22ClN3O2/c1-3-6-17-13-5-4-12(16)14(18-13)15(21)19(2)9-10-7-11(20)8-10/h4-5,10-11,20H,3,6-9H2,1-2H3,(H,17,18). The molecule has 5 nitrogen and oxygen atoms in total. The largest absolute Gasteiger partial charge is 0.393 e. The van der Waals surface area contributed by atoms with Crippen molar-refractivity contribution in [2.75, 3.05) is 25.5 Å². The molecule has 0 aliphatic heterocycles. The van der Waals surface area contributed by atoms with E-state index in [1.807, 2.05) is 0 Å². The van der Waals surface area contributed by atoms with Gasteiger partial charge in [0.05, 0.1) is 11.1 Å². The number of pyridine rings is 1. The Kier molecular flexibility index (Phi) is 5.42. The van der Waals surface area contributed by atoms with Crippen LogP contribution >= 0.6 is 11.6 Å². The average molecular weight is 312 g/mol. The highest BCUT2D eigenvalue weighted by Crippen LogP contribution is 2.28. The fourth-order valence-electron chi connectivity index (χ4n) is 2.44. The van der Waals surface area contributed by atoms with E-state index in [1.54, 1.807) is 24.1 Å². The van der Waals surface area contributed by atoms with Crippen LogP contribution in [0.15, 0.2) is 12.1 Å². The van der Waals surface area contributed by atoms with Gasteiger partial charge in [0.15, 0.2) is 0 Å². The van der Waals surface area contributed by atoms with Crippen molar-refractivity contribution in [3.8, 4) is 0 Å². The summed E-state index contributed by atoms with van der Waals surface area (Å²) in [7, 11) is 1.75. The molecule has 1 aromatic heterocycles. The van der Waals surface area contributed by atoms with Gasteiger partial charge in [0.25, 0.3) is 5.91 Å². The van der Waals surface area contributed by atoms with Crippen molar-refractivity contribution in [2.45, 2.75) is 32.3 Å². The first-order valence-corrected chi connectivity index (χ1v) is 7.73. The molecule has 0 spiro atoms. The molecule has 6 heteroatoms. The second-order valence-corrected chi connectivity index (χ2v) is 6.04. The van der Waals surface area contributed by atoms with Gasteiger partial charge in [-0.2, -0.15) is 0 Å². The molecular weight excluding hydrogens is 290 g/mol. The Morgan fingerprint density at radius 2 is 2.24 bits per heavy atom. The molecule has 1 aliphatic carbocycles. The van der Waals surface area contributed by atoms with E-state index in [9.17, 15) is 9.90 Å². The zero-order chi connectivity index (χ0) is 15.4. The summed E-state index contributed by atoms with van der Waals surface area (Å²) in [6, 6.07) is 3.47. The lowest BCUT2D eigenvalue weighted by atomic mass is 9.82. The number of anilines is 1. The monoisotopic (exact) mass is 311 g/mol. The van der Waals surface area contributed by atoms with Crippen molar-refractivity contribution in [3.63, 3.8) is 0 Å². The van der Waals surface area contributed by atoms with Crippen LogP contribution in [0, 0.1) is 5.92 Å². The Hall–Kier alpha value is -1.33. The second kappa shape index (κ2) is 7.09. The second-order valence-electron chi connectivity index (χ2n) is 5.63. The summed E-state index contributed by atoms with van der Waals surface area (Å²) in [5, 5.41) is 12.8. The number of hydrogen-bond acceptors (Lipinski definition) is 4. The number of aliphatic hydroxyl groups excluding tert-OH is 1. The number of halogens is 1. The lowest BCUT2D eigenvalue weighted by Gasteiger charge is -2.34. The highest BCUT2D eigenvalue weighted by atomic mass is 35.5. The van der Waals surface area contributed by atoms with Crippen molar-refractivity contribution in [1.82, 2.24) is 9.88 Å². The smallest absolute Gasteiger partial charge is 0.273 e. The van der Waals surface area contributed by atoms with E-state index in [2.05, 4.69) is 17.2 Å². The zero-order valence-electron chi connectivity index (χ0n) is 12.5. The summed E-state index contributed by atoms with van der Waals surface area (Å²) >= 11 is 6.10. The van der Waals surface area contributed by atoms with Crippen LogP contribution in [0.4, 0.5) is 5.82 Å². The number of carbonyl (C=O) groups excluding carboxylic acids is 1. The quantitative estimate of drug-likeness (QED) is 0.846. The van der Waals surface area contributed by atoms with Crippen LogP contribution < -0.4 is 5.32 Å². The van der Waals surface area contributed by atoms with Gasteiger partial charge < -0.3 is 15.3 Å². The number of carbonyl (C=O) groups is 1. The molecule has 0 radical (unpaired) electrons. The number of hydrogen-bond donors (Lipinski definition) is 2. The molecule has 1 aliphatic rings. The van der Waals surface area contributed by atoms with Gasteiger partial charge in [-0.05, 0) is 37.3 Å². The van der Waals surface area contributed by atoms with E-state index in [-0.39, 0.29) is 17.7 Å². The molecule has 1 fully saturated rings. The molecule has 0 aromatic carbocycles. The zero-order valence-corrected chi connectivity index (χ0v) is 13.2. The van der Waals surface area contributed by atoms with Gasteiger partial charge in [-0.3, -0.25) is 4.79 Å². The van der Waals surface area contributed by atoms with Crippen LogP contribution in [0.1, 0.15) is 36.7 Å². The average Bonchev–Trinajstić information content (AvgIpc) is 2.44. The first-order chi connectivity index (χ1) is 10.0. The summed E-state index contributed by atoms with van der Waals surface area (Å²) in [6.45, 7) is 3.49. The van der Waals surface area contributed by atoms with Gasteiger partial charge >= 0.3 is 0 Å². The van der Waals surface area contributed by atoms with Crippen LogP contribution in [-0.4, -0.2) is 47.1 Å². The third-order valence-electron chi connectivity index (χ3n) is 3.69. The molecule has 1 amide bonds. The Bertz CT molecular complexity index is 504. The first-order valence-electron chi connectivity index (χ1n) is 7.35. The molecule has 1 saturated carbocycles. The number of nitrogens with one attached hydrogen (secondary N) is 1. The van der Waals surface area contributed by atoms with Crippen LogP contribution in [0.25, 0.3) is 0 Å². The molecule has 116 valence electrons. The van der Waals surface area contributed by atoms with Crippen LogP contribution in [0.2, 0.25) is 5.02 Å². The maximum atomic E-state index is 12.4. The summed E-state index contributed by atoms with van der Waals surface area (Å²) in [5.74, 6) is 0.854. The first kappa shape index (κ1) is 16.0. The van der Waals surface area contributed by atoms with Gasteiger partial charge in [0.2, 0.25) is 0 Å². The minimum absolute atomic E-state index is 0.179. The molecule has 1 heterocycles. The number of amides is 1. The number of aliphatic hydroxyl groups is 1. The predicted octanol–water partition coefficient (Wildman–Crippen LogP) is 2.40. The maximum Gasteiger partial charge on any atom is 0.273 e. The van der Waals surface area contributed by atoms with Crippen molar-refractivity contribution in [3.05, 3.63) is 22.8 Å². The Morgan fingerprint density at radius 3 is 2.86 bits per heavy atom. The Labute approximate surface area is 130 Å². The van der Waals surface area contributed by atoms with E-state index in [0.717, 1.165) is 25.8 Å². The van der Waals surface area contributed by atoms with E-state index >= 15 is 0 Å². The summed E-state index contributed by atoms with van der Waals surface area (Å²) in [5.41, 5.74) is 0.278. The topological polar surface area (TPSA) is 65.5 Å². The molecule has 2 rings (SSSR count). The minimum atomic E-state index is -0.207. The SMILES string of the molecule is CCCNc1ccc(Cl)c(C(=O)N(C)CC2CC(O)C2)n1. The fourth-order valence-corrected chi connectivity index (χ4v) is 2.63. The van der Waals surface area contributed by atoms with Crippen molar-refractivity contribution < 1.29 is 9.90 Å². The number of rotatable bonds is 6. The van der Waals surface area contributed by atoms with E-state index < -0.39 is 0 Å². The molecule has 1 aromatic rings. The van der Waals surface area contributed by atoms with Gasteiger partial charge in [-0.1, -0.05) is 18.5 Å². The van der Waals surface area contributed by atoms with Crippen LogP contribution in [0.3, 0.4) is 0 Å². The molecule has 2 N–H and O–H groups in total. The maximum absolute atomic E-state index is 12.4. The number of aromatic nitrogens is 1. The van der Waals surface area contributed by atoms with E-state index in [1.165, 1.54) is 0 Å². The summed E-state index contributed by atoms with van der Waals surface area (Å²) < 4.78 is 0. The normalized spacial score (nSPS) is 20.8. The highest BCUT2D eigenvalue weighted by Gasteiger charge is 2.30. The van der Waals surface area contributed by atoms with Gasteiger partial charge in [0.1, 0.15) is 11.5 Å². The lowest BCUT2D eigenvalue weighted by molar-refractivity contribution is 0.0264. The Morgan fingerprint density at radius 1 is 1.52 bits per heavy atom. The van der Waals surface area contributed by atoms with E-state index in [4.69, 9.17) is 11.6 Å².